The van der Waals surface area contributed by atoms with Crippen LogP contribution in [0, 0.1) is 30.2 Å². The van der Waals surface area contributed by atoms with Crippen molar-refractivity contribution in [3.8, 4) is 5.75 Å². The maximum atomic E-state index is 12.8. The third-order valence-electron chi connectivity index (χ3n) is 1.65. The zero-order valence-electron chi connectivity index (χ0n) is 6.92. The maximum absolute atomic E-state index is 12.8. The third-order valence-corrected chi connectivity index (χ3v) is 1.65. The molecular formula is C8H6F4O. The Labute approximate surface area is 71.9 Å². The van der Waals surface area contributed by atoms with Crippen molar-refractivity contribution in [3.63, 3.8) is 0 Å². The molecule has 0 fully saturated rings. The van der Waals surface area contributed by atoms with E-state index in [0.29, 0.717) is 0 Å². The molecule has 1 aromatic carbocycles. The minimum atomic E-state index is -1.51. The summed E-state index contributed by atoms with van der Waals surface area (Å²) in [5.74, 6) is -6.94. The zero-order chi connectivity index (χ0) is 10.2. The van der Waals surface area contributed by atoms with Gasteiger partial charge in [0.1, 0.15) is 0 Å². The number of hydrogen-bond acceptors (Lipinski definition) is 1. The fourth-order valence-corrected chi connectivity index (χ4v) is 0.901. The van der Waals surface area contributed by atoms with Gasteiger partial charge in [0, 0.05) is 5.56 Å². The monoisotopic (exact) mass is 194 g/mol. The Morgan fingerprint density at radius 3 is 1.54 bits per heavy atom. The standard InChI is InChI=1S/C8H6F4O/c1-3-4(9)6(11)8(13-2)7(12)5(3)10/h1-2H3. The Kier molecular flexibility index (Phi) is 2.45. The highest BCUT2D eigenvalue weighted by Gasteiger charge is 2.23. The van der Waals surface area contributed by atoms with Crippen molar-refractivity contribution in [1.29, 1.82) is 0 Å². The van der Waals surface area contributed by atoms with Gasteiger partial charge in [0.2, 0.25) is 11.6 Å². The molecule has 0 aromatic heterocycles. The highest BCUT2D eigenvalue weighted by molar-refractivity contribution is 5.33. The van der Waals surface area contributed by atoms with E-state index in [0.717, 1.165) is 14.0 Å². The summed E-state index contributed by atoms with van der Waals surface area (Å²) in [6.45, 7) is 0.941. The van der Waals surface area contributed by atoms with Gasteiger partial charge in [0.25, 0.3) is 0 Å². The summed E-state index contributed by atoms with van der Waals surface area (Å²) in [7, 11) is 0.926. The molecule has 0 unspecified atom stereocenters. The predicted molar refractivity (Wildman–Crippen MR) is 37.6 cm³/mol. The summed E-state index contributed by atoms with van der Waals surface area (Å²) in [4.78, 5) is 0. The van der Waals surface area contributed by atoms with Crippen LogP contribution in [0.4, 0.5) is 17.6 Å². The molecule has 0 atom stereocenters. The molecule has 72 valence electrons. The van der Waals surface area contributed by atoms with Crippen molar-refractivity contribution in [3.05, 3.63) is 28.8 Å². The minimum Gasteiger partial charge on any atom is -0.491 e. The predicted octanol–water partition coefficient (Wildman–Crippen LogP) is 2.56. The van der Waals surface area contributed by atoms with Gasteiger partial charge in [-0.15, -0.1) is 0 Å². The fourth-order valence-electron chi connectivity index (χ4n) is 0.901. The lowest BCUT2D eigenvalue weighted by atomic mass is 10.2. The van der Waals surface area contributed by atoms with Gasteiger partial charge in [-0.3, -0.25) is 0 Å². The van der Waals surface area contributed by atoms with E-state index in [2.05, 4.69) is 4.74 Å². The van der Waals surface area contributed by atoms with Crippen LogP contribution in [-0.2, 0) is 0 Å². The van der Waals surface area contributed by atoms with Gasteiger partial charge >= 0.3 is 0 Å². The van der Waals surface area contributed by atoms with E-state index in [9.17, 15) is 17.6 Å². The van der Waals surface area contributed by atoms with Gasteiger partial charge in [-0.25, -0.2) is 8.78 Å². The summed E-state index contributed by atoms with van der Waals surface area (Å²) in [5, 5.41) is 0. The Morgan fingerprint density at radius 2 is 1.23 bits per heavy atom. The largest absolute Gasteiger partial charge is 0.491 e. The quantitative estimate of drug-likeness (QED) is 0.493. The van der Waals surface area contributed by atoms with Gasteiger partial charge < -0.3 is 4.74 Å². The van der Waals surface area contributed by atoms with Crippen molar-refractivity contribution >= 4 is 0 Å². The topological polar surface area (TPSA) is 9.23 Å². The van der Waals surface area contributed by atoms with Crippen LogP contribution in [0.2, 0.25) is 0 Å². The van der Waals surface area contributed by atoms with Crippen LogP contribution in [0.5, 0.6) is 5.75 Å². The highest BCUT2D eigenvalue weighted by Crippen LogP contribution is 2.28. The molecule has 1 aromatic rings. The molecule has 0 heterocycles. The van der Waals surface area contributed by atoms with Crippen LogP contribution in [0.25, 0.3) is 0 Å². The van der Waals surface area contributed by atoms with E-state index in [1.165, 1.54) is 0 Å². The Hall–Kier alpha value is -1.26. The van der Waals surface area contributed by atoms with Crippen molar-refractivity contribution in [2.24, 2.45) is 0 Å². The van der Waals surface area contributed by atoms with Crippen molar-refractivity contribution in [1.82, 2.24) is 0 Å². The summed E-state index contributed by atoms with van der Waals surface area (Å²) >= 11 is 0. The number of benzene rings is 1. The zero-order valence-corrected chi connectivity index (χ0v) is 6.92. The smallest absolute Gasteiger partial charge is 0.204 e. The first-order valence-electron chi connectivity index (χ1n) is 3.37. The fraction of sp³-hybridized carbons (Fsp3) is 0.250. The number of ether oxygens (including phenoxy) is 1. The van der Waals surface area contributed by atoms with Crippen LogP contribution in [0.1, 0.15) is 5.56 Å². The van der Waals surface area contributed by atoms with Gasteiger partial charge in [-0.2, -0.15) is 8.78 Å². The van der Waals surface area contributed by atoms with E-state index in [-0.39, 0.29) is 0 Å². The SMILES string of the molecule is COc1c(F)c(F)c(C)c(F)c1F. The number of halogens is 4. The molecule has 0 saturated carbocycles. The maximum Gasteiger partial charge on any atom is 0.204 e. The second-order valence-electron chi connectivity index (χ2n) is 2.41. The molecule has 0 N–H and O–H groups in total. The molecule has 13 heavy (non-hydrogen) atoms. The lowest BCUT2D eigenvalue weighted by molar-refractivity contribution is 0.330. The van der Waals surface area contributed by atoms with E-state index in [4.69, 9.17) is 0 Å². The van der Waals surface area contributed by atoms with Gasteiger partial charge in [-0.1, -0.05) is 0 Å². The van der Waals surface area contributed by atoms with E-state index in [1.807, 2.05) is 0 Å². The molecule has 1 rings (SSSR count). The van der Waals surface area contributed by atoms with Crippen LogP contribution >= 0.6 is 0 Å². The lowest BCUT2D eigenvalue weighted by Crippen LogP contribution is -2.03. The second kappa shape index (κ2) is 3.24. The number of hydrogen-bond donors (Lipinski definition) is 0. The third kappa shape index (κ3) is 1.34. The summed E-state index contributed by atoms with van der Waals surface area (Å²) in [6.07, 6.45) is 0. The molecule has 0 amide bonds. The van der Waals surface area contributed by atoms with Crippen LogP contribution in [-0.4, -0.2) is 7.11 Å². The Bertz CT molecular complexity index is 319. The average Bonchev–Trinajstić information content (AvgIpc) is 2.13. The summed E-state index contributed by atoms with van der Waals surface area (Å²) in [6, 6.07) is 0. The van der Waals surface area contributed by atoms with Crippen LogP contribution < -0.4 is 4.74 Å². The molecule has 0 aliphatic rings. The van der Waals surface area contributed by atoms with Crippen molar-refractivity contribution in [2.45, 2.75) is 6.92 Å². The molecule has 0 aliphatic heterocycles. The number of methoxy groups -OCH3 is 1. The molecule has 0 aliphatic carbocycles. The molecule has 5 heteroatoms. The Morgan fingerprint density at radius 1 is 0.846 bits per heavy atom. The first-order chi connectivity index (χ1) is 6.00. The lowest BCUT2D eigenvalue weighted by Gasteiger charge is -2.07. The van der Waals surface area contributed by atoms with Gasteiger partial charge in [0.05, 0.1) is 7.11 Å². The Balaban J connectivity index is 3.56. The minimum absolute atomic E-state index is 0.698. The first-order valence-corrected chi connectivity index (χ1v) is 3.37. The van der Waals surface area contributed by atoms with Gasteiger partial charge in [-0.05, 0) is 6.92 Å². The van der Waals surface area contributed by atoms with Crippen molar-refractivity contribution in [2.75, 3.05) is 7.11 Å². The molecule has 0 saturated heterocycles. The van der Waals surface area contributed by atoms with E-state index in [1.54, 1.807) is 0 Å². The van der Waals surface area contributed by atoms with Crippen LogP contribution in [0.3, 0.4) is 0 Å². The normalized spacial score (nSPS) is 10.3. The van der Waals surface area contributed by atoms with Gasteiger partial charge in [0.15, 0.2) is 17.4 Å². The van der Waals surface area contributed by atoms with Crippen LogP contribution in [0.15, 0.2) is 0 Å². The molecule has 0 radical (unpaired) electrons. The van der Waals surface area contributed by atoms with Crippen molar-refractivity contribution < 1.29 is 22.3 Å². The number of rotatable bonds is 1. The molecule has 0 bridgehead atoms. The summed E-state index contributed by atoms with van der Waals surface area (Å²) < 4.78 is 55.3. The summed E-state index contributed by atoms with van der Waals surface area (Å²) in [5.41, 5.74) is -0.698. The highest BCUT2D eigenvalue weighted by atomic mass is 19.2. The van der Waals surface area contributed by atoms with E-state index >= 15 is 0 Å². The molecular weight excluding hydrogens is 188 g/mol. The second-order valence-corrected chi connectivity index (χ2v) is 2.41. The average molecular weight is 194 g/mol. The molecule has 1 nitrogen and oxygen atoms in total. The van der Waals surface area contributed by atoms with E-state index < -0.39 is 34.6 Å². The molecule has 0 spiro atoms. The first kappa shape index (κ1) is 9.83.